The van der Waals surface area contributed by atoms with Crippen molar-refractivity contribution in [2.24, 2.45) is 0 Å². The lowest BCUT2D eigenvalue weighted by Gasteiger charge is -2.30. The number of ether oxygens (including phenoxy) is 4. The summed E-state index contributed by atoms with van der Waals surface area (Å²) in [5, 5.41) is 13.6. The molecule has 1 aromatic heterocycles. The molecular formula is C27H33F3N4O5. The Kier molecular flexibility index (Phi) is 8.10. The zero-order valence-corrected chi connectivity index (χ0v) is 22.5. The van der Waals surface area contributed by atoms with Gasteiger partial charge in [-0.15, -0.1) is 0 Å². The quantitative estimate of drug-likeness (QED) is 0.234. The van der Waals surface area contributed by atoms with E-state index in [-0.39, 0.29) is 24.0 Å². The molecule has 1 unspecified atom stereocenters. The predicted molar refractivity (Wildman–Crippen MR) is 140 cm³/mol. The van der Waals surface area contributed by atoms with E-state index in [0.29, 0.717) is 53.9 Å². The minimum absolute atomic E-state index is 0.0668. The third-order valence-corrected chi connectivity index (χ3v) is 6.44. The van der Waals surface area contributed by atoms with Crippen LogP contribution in [0.15, 0.2) is 24.3 Å². The number of alkyl halides is 2. The molecule has 2 aromatic carbocycles. The number of nitrogens with zero attached hydrogens (tertiary/aromatic N) is 2. The van der Waals surface area contributed by atoms with Gasteiger partial charge in [0.05, 0.1) is 44.1 Å². The third kappa shape index (κ3) is 5.97. The summed E-state index contributed by atoms with van der Waals surface area (Å²) >= 11 is 0. The van der Waals surface area contributed by atoms with Crippen molar-refractivity contribution >= 4 is 22.4 Å². The Morgan fingerprint density at radius 1 is 1.15 bits per heavy atom. The monoisotopic (exact) mass is 550 g/mol. The molecule has 0 radical (unpaired) electrons. The lowest BCUT2D eigenvalue weighted by atomic mass is 9.90. The Balaban J connectivity index is 1.66. The number of nitrogens with one attached hydrogen (secondary N) is 1. The largest absolute Gasteiger partial charge is 0.493 e. The van der Waals surface area contributed by atoms with Crippen molar-refractivity contribution in [2.75, 3.05) is 44.6 Å². The average molecular weight is 551 g/mol. The molecule has 0 spiro atoms. The van der Waals surface area contributed by atoms with E-state index >= 15 is 4.39 Å². The minimum atomic E-state index is -3.89. The summed E-state index contributed by atoms with van der Waals surface area (Å²) in [4.78, 5) is 8.93. The molecule has 0 amide bonds. The smallest absolute Gasteiger partial charge is 0.303 e. The van der Waals surface area contributed by atoms with E-state index in [1.165, 1.54) is 13.2 Å². The van der Waals surface area contributed by atoms with Gasteiger partial charge in [-0.05, 0) is 45.9 Å². The van der Waals surface area contributed by atoms with Gasteiger partial charge < -0.3 is 35.1 Å². The second kappa shape index (κ2) is 11.0. The number of methoxy groups -OCH3 is 1. The SMILES string of the molecule is COc1cc2nc(C)nc(NC(C)c3cc(N)cc(C(F)(F)C(C)(C)O)c3F)c2cc1OCCOC1COC1. The van der Waals surface area contributed by atoms with Crippen molar-refractivity contribution in [2.45, 2.75) is 51.4 Å². The fraction of sp³-hybridized carbons (Fsp3) is 0.481. The molecular weight excluding hydrogens is 517 g/mol. The fourth-order valence-corrected chi connectivity index (χ4v) is 4.14. The number of hydrogen-bond donors (Lipinski definition) is 3. The van der Waals surface area contributed by atoms with Crippen LogP contribution in [0.4, 0.5) is 24.7 Å². The Bertz CT molecular complexity index is 1350. The van der Waals surface area contributed by atoms with E-state index in [9.17, 15) is 13.9 Å². The first-order valence-corrected chi connectivity index (χ1v) is 12.5. The van der Waals surface area contributed by atoms with Crippen LogP contribution >= 0.6 is 0 Å². The van der Waals surface area contributed by atoms with Gasteiger partial charge in [-0.2, -0.15) is 8.78 Å². The number of aromatic nitrogens is 2. The maximum absolute atomic E-state index is 15.5. The van der Waals surface area contributed by atoms with Crippen molar-refractivity contribution in [3.05, 3.63) is 47.0 Å². The number of nitrogen functional groups attached to an aromatic ring is 1. The van der Waals surface area contributed by atoms with Gasteiger partial charge in [-0.25, -0.2) is 14.4 Å². The number of nitrogens with two attached hydrogens (primary N) is 1. The van der Waals surface area contributed by atoms with Crippen LogP contribution in [-0.2, 0) is 15.4 Å². The molecule has 0 bridgehead atoms. The second-order valence-electron chi connectivity index (χ2n) is 9.99. The number of halogens is 3. The second-order valence-corrected chi connectivity index (χ2v) is 9.99. The van der Waals surface area contributed by atoms with Crippen LogP contribution in [0.5, 0.6) is 11.5 Å². The first-order chi connectivity index (χ1) is 18.3. The maximum Gasteiger partial charge on any atom is 0.303 e. The van der Waals surface area contributed by atoms with Crippen LogP contribution in [0.3, 0.4) is 0 Å². The lowest BCUT2D eigenvalue weighted by molar-refractivity contribution is -0.170. The molecule has 1 aliphatic rings. The molecule has 4 N–H and O–H groups in total. The number of aryl methyl sites for hydroxylation is 1. The van der Waals surface area contributed by atoms with Crippen LogP contribution in [0.25, 0.3) is 10.9 Å². The number of fused-ring (bicyclic) bond motifs is 1. The number of anilines is 2. The van der Waals surface area contributed by atoms with Gasteiger partial charge in [0, 0.05) is 22.7 Å². The first kappa shape index (κ1) is 28.7. The third-order valence-electron chi connectivity index (χ3n) is 6.44. The zero-order valence-electron chi connectivity index (χ0n) is 22.5. The van der Waals surface area contributed by atoms with E-state index in [0.717, 1.165) is 19.9 Å². The van der Waals surface area contributed by atoms with Gasteiger partial charge in [-0.3, -0.25) is 0 Å². The summed E-state index contributed by atoms with van der Waals surface area (Å²) in [6.45, 7) is 6.85. The Labute approximate surface area is 224 Å². The van der Waals surface area contributed by atoms with Crippen LogP contribution < -0.4 is 20.5 Å². The topological polar surface area (TPSA) is 121 Å². The van der Waals surface area contributed by atoms with Gasteiger partial charge >= 0.3 is 5.92 Å². The van der Waals surface area contributed by atoms with Gasteiger partial charge in [0.1, 0.15) is 35.8 Å². The molecule has 12 heteroatoms. The Hall–Kier alpha value is -3.35. The van der Waals surface area contributed by atoms with Gasteiger partial charge in [0.25, 0.3) is 0 Å². The van der Waals surface area contributed by atoms with Crippen LogP contribution in [0.1, 0.15) is 43.8 Å². The number of hydrogen-bond acceptors (Lipinski definition) is 9. The van der Waals surface area contributed by atoms with Crippen LogP contribution in [0, 0.1) is 12.7 Å². The van der Waals surface area contributed by atoms with Crippen molar-refractivity contribution in [1.82, 2.24) is 9.97 Å². The molecule has 212 valence electrons. The summed E-state index contributed by atoms with van der Waals surface area (Å²) in [5.41, 5.74) is 2.73. The molecule has 1 atom stereocenters. The predicted octanol–water partition coefficient (Wildman–Crippen LogP) is 4.50. The molecule has 9 nitrogen and oxygen atoms in total. The highest BCUT2D eigenvalue weighted by Gasteiger charge is 2.49. The molecule has 0 saturated carbocycles. The molecule has 3 aromatic rings. The van der Waals surface area contributed by atoms with Gasteiger partial charge in [0.15, 0.2) is 11.5 Å². The van der Waals surface area contributed by atoms with Gasteiger partial charge in [-0.1, -0.05) is 0 Å². The molecule has 39 heavy (non-hydrogen) atoms. The molecule has 2 heterocycles. The summed E-state index contributed by atoms with van der Waals surface area (Å²) in [5.74, 6) is -3.44. The van der Waals surface area contributed by atoms with Crippen molar-refractivity contribution < 1.29 is 37.2 Å². The summed E-state index contributed by atoms with van der Waals surface area (Å²) < 4.78 is 67.4. The van der Waals surface area contributed by atoms with E-state index in [1.807, 2.05) is 0 Å². The molecule has 1 saturated heterocycles. The van der Waals surface area contributed by atoms with Crippen LogP contribution in [0.2, 0.25) is 0 Å². The van der Waals surface area contributed by atoms with Crippen molar-refractivity contribution in [1.29, 1.82) is 0 Å². The summed E-state index contributed by atoms with van der Waals surface area (Å²) in [6.07, 6.45) is 0.0668. The molecule has 1 aliphatic heterocycles. The standard InChI is InChI=1S/C27H33F3N4O5/c1-14(18-8-16(31)9-20(24(18)28)27(29,30)26(3,4)35)32-25-19-10-23(39-7-6-38-17-12-37-13-17)22(36-5)11-21(19)33-15(2)34-25/h8-11,14,17,35H,6-7,12-13,31H2,1-5H3,(H,32,33,34). The van der Waals surface area contributed by atoms with E-state index < -0.39 is 28.9 Å². The maximum atomic E-state index is 15.5. The Morgan fingerprint density at radius 2 is 1.87 bits per heavy atom. The van der Waals surface area contributed by atoms with E-state index in [4.69, 9.17) is 24.7 Å². The molecule has 1 fully saturated rings. The van der Waals surface area contributed by atoms with Crippen molar-refractivity contribution in [3.8, 4) is 11.5 Å². The minimum Gasteiger partial charge on any atom is -0.493 e. The molecule has 4 rings (SSSR count). The van der Waals surface area contributed by atoms with Crippen LogP contribution in [-0.4, -0.2) is 60.3 Å². The number of rotatable bonds is 11. The van der Waals surface area contributed by atoms with Gasteiger partial charge in [0.2, 0.25) is 0 Å². The molecule has 0 aliphatic carbocycles. The van der Waals surface area contributed by atoms with E-state index in [1.54, 1.807) is 26.0 Å². The fourth-order valence-electron chi connectivity index (χ4n) is 4.14. The number of benzene rings is 2. The zero-order chi connectivity index (χ0) is 28.5. The Morgan fingerprint density at radius 3 is 2.49 bits per heavy atom. The normalized spacial score (nSPS) is 15.2. The highest BCUT2D eigenvalue weighted by molar-refractivity contribution is 5.92. The van der Waals surface area contributed by atoms with E-state index in [2.05, 4.69) is 15.3 Å². The number of aliphatic hydroxyl groups is 1. The van der Waals surface area contributed by atoms with Crippen molar-refractivity contribution in [3.63, 3.8) is 0 Å². The first-order valence-electron chi connectivity index (χ1n) is 12.5. The highest BCUT2D eigenvalue weighted by atomic mass is 19.3. The summed E-state index contributed by atoms with van der Waals surface area (Å²) in [6, 6.07) is 4.66. The highest BCUT2D eigenvalue weighted by Crippen LogP contribution is 2.43. The lowest BCUT2D eigenvalue weighted by Crippen LogP contribution is -2.41. The summed E-state index contributed by atoms with van der Waals surface area (Å²) in [7, 11) is 1.51. The average Bonchev–Trinajstić information content (AvgIpc) is 2.82.